The molecule has 1 N–H and O–H groups in total. The molecule has 0 saturated heterocycles. The summed E-state index contributed by atoms with van der Waals surface area (Å²) in [6.45, 7) is 4.10. The van der Waals surface area contributed by atoms with E-state index in [2.05, 4.69) is 20.7 Å². The summed E-state index contributed by atoms with van der Waals surface area (Å²) in [7, 11) is -6.27. The van der Waals surface area contributed by atoms with Crippen LogP contribution in [0, 0.1) is 0 Å². The molecule has 0 aliphatic carbocycles. The maximum absolute atomic E-state index is 12.7. The van der Waals surface area contributed by atoms with Crippen LogP contribution in [0.1, 0.15) is 13.8 Å². The van der Waals surface area contributed by atoms with E-state index in [0.29, 0.717) is 13.1 Å². The number of nitrogens with one attached hydrogen (secondary N) is 1. The Labute approximate surface area is 168 Å². The normalized spacial score (nSPS) is 12.2. The first-order valence-corrected chi connectivity index (χ1v) is 11.8. The van der Waals surface area contributed by atoms with Gasteiger partial charge in [0.15, 0.2) is 0 Å². The van der Waals surface area contributed by atoms with Gasteiger partial charge in [0, 0.05) is 17.6 Å². The van der Waals surface area contributed by atoms with Gasteiger partial charge in [0.1, 0.15) is 5.75 Å². The fraction of sp³-hybridized carbons (Fsp3) is 0.294. The number of halogens is 1. The topological polar surface area (TPSA) is 92.8 Å². The molecule has 0 amide bonds. The quantitative estimate of drug-likeness (QED) is 0.630. The monoisotopic (exact) mass is 476 g/mol. The highest BCUT2D eigenvalue weighted by molar-refractivity contribution is 9.10. The minimum atomic E-state index is -3.92. The highest BCUT2D eigenvalue weighted by Crippen LogP contribution is 2.31. The molecule has 0 heterocycles. The second kappa shape index (κ2) is 8.59. The molecule has 0 saturated carbocycles. The summed E-state index contributed by atoms with van der Waals surface area (Å²) < 4.78 is 60.4. The Morgan fingerprint density at radius 3 is 2.04 bits per heavy atom. The van der Waals surface area contributed by atoms with Crippen molar-refractivity contribution in [1.29, 1.82) is 0 Å². The van der Waals surface area contributed by atoms with E-state index in [-0.39, 0.29) is 21.2 Å². The minimum absolute atomic E-state index is 0.0134. The van der Waals surface area contributed by atoms with Gasteiger partial charge >= 0.3 is 0 Å². The fourth-order valence-electron chi connectivity index (χ4n) is 2.46. The van der Waals surface area contributed by atoms with E-state index in [4.69, 9.17) is 4.74 Å². The highest BCUT2D eigenvalue weighted by Gasteiger charge is 2.24. The number of anilines is 1. The molecule has 0 aliphatic rings. The molecular formula is C17H21BrN2O5S2. The maximum Gasteiger partial charge on any atom is 0.262 e. The van der Waals surface area contributed by atoms with E-state index in [1.54, 1.807) is 26.0 Å². The van der Waals surface area contributed by atoms with Crippen molar-refractivity contribution in [2.45, 2.75) is 23.6 Å². The van der Waals surface area contributed by atoms with Crippen LogP contribution in [0.5, 0.6) is 5.75 Å². The third kappa shape index (κ3) is 4.81. The molecule has 148 valence electrons. The molecule has 0 unspecified atom stereocenters. The zero-order valence-corrected chi connectivity index (χ0v) is 18.4. The van der Waals surface area contributed by atoms with Gasteiger partial charge in [-0.25, -0.2) is 16.8 Å². The van der Waals surface area contributed by atoms with E-state index < -0.39 is 20.0 Å². The summed E-state index contributed by atoms with van der Waals surface area (Å²) in [5.74, 6) is 0.217. The number of rotatable bonds is 8. The molecule has 27 heavy (non-hydrogen) atoms. The van der Waals surface area contributed by atoms with Gasteiger partial charge in [-0.3, -0.25) is 4.72 Å². The van der Waals surface area contributed by atoms with Gasteiger partial charge in [0.05, 0.1) is 22.6 Å². The summed E-state index contributed by atoms with van der Waals surface area (Å²) in [6.07, 6.45) is 0. The highest BCUT2D eigenvalue weighted by atomic mass is 79.9. The van der Waals surface area contributed by atoms with Crippen molar-refractivity contribution >= 4 is 41.7 Å². The number of hydrogen-bond donors (Lipinski definition) is 1. The largest absolute Gasteiger partial charge is 0.495 e. The molecule has 0 atom stereocenters. The van der Waals surface area contributed by atoms with Crippen LogP contribution >= 0.6 is 15.9 Å². The molecule has 2 aromatic carbocycles. The Balaban J connectivity index is 2.48. The Kier molecular flexibility index (Phi) is 6.90. The van der Waals surface area contributed by atoms with Gasteiger partial charge in [0.2, 0.25) is 10.0 Å². The maximum atomic E-state index is 12.7. The third-order valence-electron chi connectivity index (χ3n) is 3.88. The average molecular weight is 477 g/mol. The van der Waals surface area contributed by atoms with Crippen LogP contribution in [0.25, 0.3) is 0 Å². The van der Waals surface area contributed by atoms with Crippen molar-refractivity contribution in [2.24, 2.45) is 0 Å². The first-order valence-electron chi connectivity index (χ1n) is 8.12. The lowest BCUT2D eigenvalue weighted by Crippen LogP contribution is -2.30. The predicted molar refractivity (Wildman–Crippen MR) is 108 cm³/mol. The molecule has 0 fully saturated rings. The Hall–Kier alpha value is -1.62. The van der Waals surface area contributed by atoms with Crippen LogP contribution in [0.15, 0.2) is 56.7 Å². The molecular weight excluding hydrogens is 456 g/mol. The average Bonchev–Trinajstić information content (AvgIpc) is 2.62. The van der Waals surface area contributed by atoms with Gasteiger partial charge in [-0.1, -0.05) is 29.8 Å². The fourth-order valence-corrected chi connectivity index (χ4v) is 5.27. The number of hydrogen-bond acceptors (Lipinski definition) is 5. The molecule has 7 nitrogen and oxygen atoms in total. The smallest absolute Gasteiger partial charge is 0.262 e. The van der Waals surface area contributed by atoms with Gasteiger partial charge in [-0.2, -0.15) is 4.31 Å². The summed E-state index contributed by atoms with van der Waals surface area (Å²) in [5.41, 5.74) is 0.0497. The van der Waals surface area contributed by atoms with Crippen molar-refractivity contribution in [3.8, 4) is 5.75 Å². The summed E-state index contributed by atoms with van der Waals surface area (Å²) >= 11 is 3.25. The Morgan fingerprint density at radius 1 is 0.963 bits per heavy atom. The van der Waals surface area contributed by atoms with Crippen LogP contribution in [-0.4, -0.2) is 41.3 Å². The Bertz CT molecular complexity index is 1000. The number of ether oxygens (including phenoxy) is 1. The van der Waals surface area contributed by atoms with E-state index in [9.17, 15) is 16.8 Å². The molecule has 2 aromatic rings. The zero-order chi connectivity index (χ0) is 20.2. The van der Waals surface area contributed by atoms with Crippen molar-refractivity contribution in [1.82, 2.24) is 4.31 Å². The summed E-state index contributed by atoms with van der Waals surface area (Å²) in [4.78, 5) is 0.0327. The second-order valence-corrected chi connectivity index (χ2v) is 10.0. The van der Waals surface area contributed by atoms with E-state index in [1.165, 1.54) is 41.7 Å². The van der Waals surface area contributed by atoms with E-state index in [1.807, 2.05) is 0 Å². The molecule has 10 heteroatoms. The van der Waals surface area contributed by atoms with Gasteiger partial charge in [-0.15, -0.1) is 0 Å². The standard InChI is InChI=1S/C17H21BrN2O5S2/c1-4-20(5-2)27(23,24)15-10-11-17(25-3)16(12-15)19-26(21,22)14-8-6-13(18)7-9-14/h6-12,19H,4-5H2,1-3H3. The zero-order valence-electron chi connectivity index (χ0n) is 15.1. The lowest BCUT2D eigenvalue weighted by atomic mass is 10.3. The van der Waals surface area contributed by atoms with E-state index in [0.717, 1.165) is 4.47 Å². The molecule has 0 spiro atoms. The molecule has 0 aliphatic heterocycles. The predicted octanol–water partition coefficient (Wildman–Crippen LogP) is 3.29. The number of sulfonamides is 2. The third-order valence-corrected chi connectivity index (χ3v) is 7.84. The van der Waals surface area contributed by atoms with Crippen molar-refractivity contribution < 1.29 is 21.6 Å². The van der Waals surface area contributed by atoms with Gasteiger partial charge < -0.3 is 4.74 Å². The van der Waals surface area contributed by atoms with Gasteiger partial charge in [0.25, 0.3) is 10.0 Å². The van der Waals surface area contributed by atoms with Gasteiger partial charge in [-0.05, 0) is 42.5 Å². The Morgan fingerprint density at radius 2 is 1.52 bits per heavy atom. The molecule has 0 radical (unpaired) electrons. The van der Waals surface area contributed by atoms with Crippen LogP contribution in [0.3, 0.4) is 0 Å². The van der Waals surface area contributed by atoms with Crippen LogP contribution in [0.2, 0.25) is 0 Å². The molecule has 2 rings (SSSR count). The first-order chi connectivity index (χ1) is 12.7. The van der Waals surface area contributed by atoms with Crippen molar-refractivity contribution in [3.05, 3.63) is 46.9 Å². The van der Waals surface area contributed by atoms with Crippen molar-refractivity contribution in [2.75, 3.05) is 24.9 Å². The van der Waals surface area contributed by atoms with Crippen LogP contribution in [0.4, 0.5) is 5.69 Å². The number of nitrogens with zero attached hydrogens (tertiary/aromatic N) is 1. The first kappa shape index (κ1) is 21.7. The SMILES string of the molecule is CCN(CC)S(=O)(=O)c1ccc(OC)c(NS(=O)(=O)c2ccc(Br)cc2)c1. The molecule has 0 aromatic heterocycles. The summed E-state index contributed by atoms with van der Waals surface area (Å²) in [5, 5.41) is 0. The number of benzene rings is 2. The van der Waals surface area contributed by atoms with Crippen molar-refractivity contribution in [3.63, 3.8) is 0 Å². The lowest BCUT2D eigenvalue weighted by molar-refractivity contribution is 0.416. The number of methoxy groups -OCH3 is 1. The minimum Gasteiger partial charge on any atom is -0.495 e. The molecule has 0 bridgehead atoms. The summed E-state index contributed by atoms with van der Waals surface area (Å²) in [6, 6.07) is 10.2. The van der Waals surface area contributed by atoms with Crippen LogP contribution < -0.4 is 9.46 Å². The van der Waals surface area contributed by atoms with Crippen LogP contribution in [-0.2, 0) is 20.0 Å². The van der Waals surface area contributed by atoms with E-state index >= 15 is 0 Å². The second-order valence-electron chi connectivity index (χ2n) is 5.51. The lowest BCUT2D eigenvalue weighted by Gasteiger charge is -2.20.